The monoisotopic (exact) mass is 224 g/mol. The Morgan fingerprint density at radius 3 is 2.75 bits per heavy atom. The maximum Gasteiger partial charge on any atom is 0.343 e. The van der Waals surface area contributed by atoms with Gasteiger partial charge in [-0.2, -0.15) is 0 Å². The molecule has 0 aromatic rings. The van der Waals surface area contributed by atoms with Gasteiger partial charge in [0, 0.05) is 12.2 Å². The van der Waals surface area contributed by atoms with Crippen LogP contribution in [0.15, 0.2) is 23.8 Å². The van der Waals surface area contributed by atoms with Gasteiger partial charge in [0.2, 0.25) is 11.9 Å². The second kappa shape index (κ2) is 6.23. The largest absolute Gasteiger partial charge is 0.467 e. The summed E-state index contributed by atoms with van der Waals surface area (Å²) in [5, 5.41) is 0. The lowest BCUT2D eigenvalue weighted by atomic mass is 10.1. The van der Waals surface area contributed by atoms with E-state index in [-0.39, 0.29) is 5.78 Å². The molecule has 0 aliphatic heterocycles. The molecule has 0 saturated heterocycles. The molecule has 1 atom stereocenters. The summed E-state index contributed by atoms with van der Waals surface area (Å²) < 4.78 is 9.77. The van der Waals surface area contributed by atoms with Crippen LogP contribution in [0.4, 0.5) is 0 Å². The molecule has 0 spiro atoms. The standard InChI is InChI=1S/C12H16O4/c1-3-8-16-11(12(14)15-2)10(13)9-6-4-5-7-9/h4,6-7,11H,3,5,8H2,1-2H3. The van der Waals surface area contributed by atoms with E-state index in [4.69, 9.17) is 4.74 Å². The number of hydrogen-bond donors (Lipinski definition) is 0. The molecule has 0 amide bonds. The molecule has 4 heteroatoms. The minimum atomic E-state index is -1.13. The summed E-state index contributed by atoms with van der Waals surface area (Å²) in [7, 11) is 1.25. The van der Waals surface area contributed by atoms with Crippen LogP contribution >= 0.6 is 0 Å². The zero-order valence-corrected chi connectivity index (χ0v) is 9.56. The van der Waals surface area contributed by atoms with Gasteiger partial charge in [0.25, 0.3) is 0 Å². The van der Waals surface area contributed by atoms with Crippen LogP contribution < -0.4 is 0 Å². The van der Waals surface area contributed by atoms with E-state index < -0.39 is 12.1 Å². The lowest BCUT2D eigenvalue weighted by Gasteiger charge is -2.13. The number of methoxy groups -OCH3 is 1. The Hall–Kier alpha value is -1.42. The summed E-state index contributed by atoms with van der Waals surface area (Å²) in [6, 6.07) is 0. The number of rotatable bonds is 6. The molecule has 0 radical (unpaired) electrons. The van der Waals surface area contributed by atoms with Gasteiger partial charge < -0.3 is 9.47 Å². The number of carbonyl (C=O) groups is 2. The maximum atomic E-state index is 11.9. The van der Waals surface area contributed by atoms with E-state index in [2.05, 4.69) is 4.74 Å². The van der Waals surface area contributed by atoms with Gasteiger partial charge in [-0.05, 0) is 12.8 Å². The fourth-order valence-corrected chi connectivity index (χ4v) is 1.39. The lowest BCUT2D eigenvalue weighted by Crippen LogP contribution is -2.35. The molecule has 0 heterocycles. The molecule has 88 valence electrons. The third kappa shape index (κ3) is 3.03. The van der Waals surface area contributed by atoms with E-state index in [9.17, 15) is 9.59 Å². The molecule has 1 aliphatic rings. The SMILES string of the molecule is CCCOC(C(=O)OC)C(=O)C1=CCC=C1. The smallest absolute Gasteiger partial charge is 0.343 e. The van der Waals surface area contributed by atoms with Crippen molar-refractivity contribution in [3.05, 3.63) is 23.8 Å². The summed E-state index contributed by atoms with van der Waals surface area (Å²) in [4.78, 5) is 23.3. The van der Waals surface area contributed by atoms with Crippen molar-refractivity contribution in [3.8, 4) is 0 Å². The number of allylic oxidation sites excluding steroid dienone is 3. The third-order valence-corrected chi connectivity index (χ3v) is 2.20. The highest BCUT2D eigenvalue weighted by molar-refractivity contribution is 6.12. The predicted molar refractivity (Wildman–Crippen MR) is 58.9 cm³/mol. The average Bonchev–Trinajstić information content (AvgIpc) is 2.82. The Morgan fingerprint density at radius 2 is 2.25 bits per heavy atom. The molecule has 0 aromatic carbocycles. The van der Waals surface area contributed by atoms with Crippen molar-refractivity contribution in [2.24, 2.45) is 0 Å². The van der Waals surface area contributed by atoms with Crippen LogP contribution in [0.25, 0.3) is 0 Å². The number of hydrogen-bond acceptors (Lipinski definition) is 4. The third-order valence-electron chi connectivity index (χ3n) is 2.20. The van der Waals surface area contributed by atoms with Crippen LogP contribution in [0, 0.1) is 0 Å². The quantitative estimate of drug-likeness (QED) is 0.505. The Kier molecular flexibility index (Phi) is 4.92. The predicted octanol–water partition coefficient (Wildman–Crippen LogP) is 1.41. The van der Waals surface area contributed by atoms with Crippen molar-refractivity contribution in [1.82, 2.24) is 0 Å². The molecular weight excluding hydrogens is 208 g/mol. The highest BCUT2D eigenvalue weighted by atomic mass is 16.6. The first kappa shape index (κ1) is 12.6. The Labute approximate surface area is 94.9 Å². The summed E-state index contributed by atoms with van der Waals surface area (Å²) in [5.41, 5.74) is 0.520. The van der Waals surface area contributed by atoms with Gasteiger partial charge in [0.05, 0.1) is 7.11 Å². The van der Waals surface area contributed by atoms with Crippen LogP contribution in [-0.4, -0.2) is 31.6 Å². The van der Waals surface area contributed by atoms with E-state index in [1.54, 1.807) is 12.2 Å². The first-order valence-electron chi connectivity index (χ1n) is 5.31. The minimum Gasteiger partial charge on any atom is -0.467 e. The van der Waals surface area contributed by atoms with Crippen molar-refractivity contribution >= 4 is 11.8 Å². The topological polar surface area (TPSA) is 52.6 Å². The average molecular weight is 224 g/mol. The van der Waals surface area contributed by atoms with Gasteiger partial charge in [0.1, 0.15) is 0 Å². The van der Waals surface area contributed by atoms with Crippen LogP contribution in [0.2, 0.25) is 0 Å². The molecule has 1 unspecified atom stereocenters. The van der Waals surface area contributed by atoms with Crippen LogP contribution in [0.3, 0.4) is 0 Å². The van der Waals surface area contributed by atoms with Crippen molar-refractivity contribution < 1.29 is 19.1 Å². The van der Waals surface area contributed by atoms with E-state index in [0.717, 1.165) is 12.8 Å². The van der Waals surface area contributed by atoms with Crippen LogP contribution in [0.5, 0.6) is 0 Å². The molecule has 0 fully saturated rings. The van der Waals surface area contributed by atoms with E-state index in [1.165, 1.54) is 7.11 Å². The molecule has 0 aromatic heterocycles. The summed E-state index contributed by atoms with van der Waals surface area (Å²) in [5.74, 6) is -0.964. The van der Waals surface area contributed by atoms with Gasteiger partial charge >= 0.3 is 5.97 Å². The molecular formula is C12H16O4. The van der Waals surface area contributed by atoms with Gasteiger partial charge in [0.15, 0.2) is 0 Å². The Bertz CT molecular complexity index is 328. The molecule has 0 saturated carbocycles. The Balaban J connectivity index is 2.71. The van der Waals surface area contributed by atoms with E-state index in [0.29, 0.717) is 12.2 Å². The number of ether oxygens (including phenoxy) is 2. The maximum absolute atomic E-state index is 11.9. The van der Waals surface area contributed by atoms with E-state index >= 15 is 0 Å². The minimum absolute atomic E-state index is 0.325. The highest BCUT2D eigenvalue weighted by Gasteiger charge is 2.30. The van der Waals surface area contributed by atoms with Gasteiger partial charge in [-0.15, -0.1) is 0 Å². The van der Waals surface area contributed by atoms with Gasteiger partial charge in [-0.25, -0.2) is 4.79 Å². The van der Waals surface area contributed by atoms with E-state index in [1.807, 2.05) is 13.0 Å². The lowest BCUT2D eigenvalue weighted by molar-refractivity contribution is -0.158. The highest BCUT2D eigenvalue weighted by Crippen LogP contribution is 2.14. The first-order chi connectivity index (χ1) is 7.70. The van der Waals surface area contributed by atoms with Crippen molar-refractivity contribution in [2.75, 3.05) is 13.7 Å². The van der Waals surface area contributed by atoms with Crippen molar-refractivity contribution in [2.45, 2.75) is 25.9 Å². The van der Waals surface area contributed by atoms with Crippen LogP contribution in [0.1, 0.15) is 19.8 Å². The fourth-order valence-electron chi connectivity index (χ4n) is 1.39. The molecule has 1 aliphatic carbocycles. The van der Waals surface area contributed by atoms with Crippen LogP contribution in [-0.2, 0) is 19.1 Å². The summed E-state index contributed by atoms with van der Waals surface area (Å²) >= 11 is 0. The number of carbonyl (C=O) groups excluding carboxylic acids is 2. The van der Waals surface area contributed by atoms with Gasteiger partial charge in [-0.1, -0.05) is 25.2 Å². The zero-order valence-electron chi connectivity index (χ0n) is 9.56. The molecule has 4 nitrogen and oxygen atoms in total. The van der Waals surface area contributed by atoms with Gasteiger partial charge in [-0.3, -0.25) is 4.79 Å². The summed E-state index contributed by atoms with van der Waals surface area (Å²) in [6.07, 6.45) is 5.68. The Morgan fingerprint density at radius 1 is 1.50 bits per heavy atom. The fraction of sp³-hybridized carbons (Fsp3) is 0.500. The normalized spacial score (nSPS) is 15.8. The zero-order chi connectivity index (χ0) is 12.0. The first-order valence-corrected chi connectivity index (χ1v) is 5.31. The second-order valence-electron chi connectivity index (χ2n) is 3.44. The molecule has 0 N–H and O–H groups in total. The van der Waals surface area contributed by atoms with Crippen molar-refractivity contribution in [3.63, 3.8) is 0 Å². The van der Waals surface area contributed by atoms with Crippen molar-refractivity contribution in [1.29, 1.82) is 0 Å². The second-order valence-corrected chi connectivity index (χ2v) is 3.44. The number of Topliss-reactive ketones (excluding diaryl/α,β-unsaturated/α-hetero) is 1. The number of esters is 1. The molecule has 1 rings (SSSR count). The summed E-state index contributed by atoms with van der Waals surface area (Å²) in [6.45, 7) is 2.27. The number of ketones is 1. The molecule has 0 bridgehead atoms. The molecule has 16 heavy (non-hydrogen) atoms.